The summed E-state index contributed by atoms with van der Waals surface area (Å²) in [5, 5.41) is 10.1. The molecule has 0 aromatic carbocycles. The maximum atomic E-state index is 9.58. The zero-order valence-corrected chi connectivity index (χ0v) is 9.04. The van der Waals surface area contributed by atoms with Gasteiger partial charge in [-0.05, 0) is 30.9 Å². The summed E-state index contributed by atoms with van der Waals surface area (Å²) in [6.07, 6.45) is 5.67. The Hall–Kier alpha value is -0.540. The molecule has 3 nitrogen and oxygen atoms in total. The van der Waals surface area contributed by atoms with E-state index in [9.17, 15) is 5.11 Å². The van der Waals surface area contributed by atoms with Crippen molar-refractivity contribution in [3.05, 3.63) is 17.2 Å². The third-order valence-corrected chi connectivity index (χ3v) is 3.38. The molecule has 1 N–H and O–H groups in total. The van der Waals surface area contributed by atoms with E-state index in [0.29, 0.717) is 11.2 Å². The van der Waals surface area contributed by atoms with E-state index >= 15 is 0 Å². The predicted octanol–water partition coefficient (Wildman–Crippen LogP) is 2.09. The minimum Gasteiger partial charge on any atom is -0.393 e. The molecule has 14 heavy (non-hydrogen) atoms. The van der Waals surface area contributed by atoms with Crippen LogP contribution in [0.1, 0.15) is 37.3 Å². The number of rotatable bonds is 1. The first-order chi connectivity index (χ1) is 6.68. The van der Waals surface area contributed by atoms with Gasteiger partial charge in [-0.1, -0.05) is 6.42 Å². The summed E-state index contributed by atoms with van der Waals surface area (Å²) in [6, 6.07) is 0. The van der Waals surface area contributed by atoms with Crippen LogP contribution in [-0.4, -0.2) is 20.8 Å². The van der Waals surface area contributed by atoms with Crippen LogP contribution in [0.5, 0.6) is 0 Å². The lowest BCUT2D eigenvalue weighted by Crippen LogP contribution is -2.19. The van der Waals surface area contributed by atoms with Crippen LogP contribution in [0.25, 0.3) is 0 Å². The van der Waals surface area contributed by atoms with Crippen LogP contribution in [0.3, 0.4) is 0 Å². The van der Waals surface area contributed by atoms with Crippen molar-refractivity contribution in [3.8, 4) is 0 Å². The molecule has 1 aliphatic carbocycles. The van der Waals surface area contributed by atoms with E-state index in [1.165, 1.54) is 0 Å². The third-order valence-electron chi connectivity index (χ3n) is 3.03. The Bertz CT molecular complexity index is 324. The van der Waals surface area contributed by atoms with Crippen molar-refractivity contribution in [2.24, 2.45) is 7.05 Å². The van der Waals surface area contributed by atoms with Crippen molar-refractivity contribution in [1.29, 1.82) is 0 Å². The molecular formula is C10H15ClN2O. The maximum absolute atomic E-state index is 9.58. The Morgan fingerprint density at radius 2 is 2.36 bits per heavy atom. The van der Waals surface area contributed by atoms with Crippen molar-refractivity contribution in [2.75, 3.05) is 0 Å². The molecule has 0 bridgehead atoms. The highest BCUT2D eigenvalue weighted by atomic mass is 35.5. The summed E-state index contributed by atoms with van der Waals surface area (Å²) >= 11 is 5.87. The average Bonchev–Trinajstić information content (AvgIpc) is 2.48. The van der Waals surface area contributed by atoms with Gasteiger partial charge in [-0.25, -0.2) is 4.98 Å². The van der Waals surface area contributed by atoms with E-state index in [2.05, 4.69) is 4.98 Å². The second-order valence-electron chi connectivity index (χ2n) is 4.03. The van der Waals surface area contributed by atoms with E-state index < -0.39 is 0 Å². The Balaban J connectivity index is 2.18. The molecule has 2 rings (SSSR count). The van der Waals surface area contributed by atoms with Crippen molar-refractivity contribution in [2.45, 2.75) is 37.7 Å². The first kappa shape index (κ1) is 9.99. The number of hydrogen-bond acceptors (Lipinski definition) is 2. The van der Waals surface area contributed by atoms with E-state index in [4.69, 9.17) is 11.6 Å². The lowest BCUT2D eigenvalue weighted by molar-refractivity contribution is 0.118. The molecule has 4 heteroatoms. The molecule has 0 aliphatic heterocycles. The van der Waals surface area contributed by atoms with Crippen LogP contribution in [0.4, 0.5) is 0 Å². The van der Waals surface area contributed by atoms with Crippen molar-refractivity contribution in [1.82, 2.24) is 9.55 Å². The SMILES string of the molecule is Cn1c(C2CCCC(O)C2)cnc1Cl. The summed E-state index contributed by atoms with van der Waals surface area (Å²) in [4.78, 5) is 4.06. The minimum atomic E-state index is -0.151. The molecule has 0 radical (unpaired) electrons. The number of aliphatic hydroxyl groups is 1. The molecule has 2 atom stereocenters. The molecule has 1 fully saturated rings. The van der Waals surface area contributed by atoms with Gasteiger partial charge in [-0.15, -0.1) is 0 Å². The van der Waals surface area contributed by atoms with Crippen LogP contribution < -0.4 is 0 Å². The monoisotopic (exact) mass is 214 g/mol. The molecule has 78 valence electrons. The Kier molecular flexibility index (Phi) is 2.79. The minimum absolute atomic E-state index is 0.151. The molecule has 1 aliphatic rings. The Labute approximate surface area is 88.7 Å². The molecule has 1 aromatic heterocycles. The molecular weight excluding hydrogens is 200 g/mol. The number of aliphatic hydroxyl groups excluding tert-OH is 1. The summed E-state index contributed by atoms with van der Waals surface area (Å²) in [5.41, 5.74) is 1.15. The fourth-order valence-corrected chi connectivity index (χ4v) is 2.36. The quantitative estimate of drug-likeness (QED) is 0.778. The summed E-state index contributed by atoms with van der Waals surface area (Å²) in [7, 11) is 1.92. The van der Waals surface area contributed by atoms with Crippen LogP contribution >= 0.6 is 11.6 Å². The molecule has 0 amide bonds. The van der Waals surface area contributed by atoms with Crippen LogP contribution in [0.15, 0.2) is 6.20 Å². The molecule has 1 aromatic rings. The topological polar surface area (TPSA) is 38.0 Å². The van der Waals surface area contributed by atoms with Crippen molar-refractivity contribution in [3.63, 3.8) is 0 Å². The van der Waals surface area contributed by atoms with Crippen LogP contribution in [0.2, 0.25) is 5.28 Å². The van der Waals surface area contributed by atoms with E-state index in [1.54, 1.807) is 0 Å². The van der Waals surface area contributed by atoms with Gasteiger partial charge in [0.05, 0.1) is 12.3 Å². The third kappa shape index (κ3) is 1.79. The van der Waals surface area contributed by atoms with Crippen molar-refractivity contribution >= 4 is 11.6 Å². The number of hydrogen-bond donors (Lipinski definition) is 1. The van der Waals surface area contributed by atoms with Gasteiger partial charge >= 0.3 is 0 Å². The van der Waals surface area contributed by atoms with E-state index in [1.807, 2.05) is 17.8 Å². The highest BCUT2D eigenvalue weighted by Gasteiger charge is 2.24. The average molecular weight is 215 g/mol. The van der Waals surface area contributed by atoms with E-state index in [-0.39, 0.29) is 6.10 Å². The highest BCUT2D eigenvalue weighted by Crippen LogP contribution is 2.33. The second-order valence-corrected chi connectivity index (χ2v) is 4.37. The molecule has 1 heterocycles. The number of imidazole rings is 1. The van der Waals surface area contributed by atoms with Gasteiger partial charge in [0.1, 0.15) is 0 Å². The van der Waals surface area contributed by atoms with Gasteiger partial charge in [-0.2, -0.15) is 0 Å². The van der Waals surface area contributed by atoms with Gasteiger partial charge in [0.2, 0.25) is 5.28 Å². The summed E-state index contributed by atoms with van der Waals surface area (Å²) in [6.45, 7) is 0. The number of halogens is 1. The van der Waals surface area contributed by atoms with Crippen LogP contribution in [0, 0.1) is 0 Å². The summed E-state index contributed by atoms with van der Waals surface area (Å²) in [5.74, 6) is 0.420. The number of nitrogens with zero attached hydrogens (tertiary/aromatic N) is 2. The first-order valence-corrected chi connectivity index (χ1v) is 5.41. The molecule has 2 unspecified atom stereocenters. The zero-order chi connectivity index (χ0) is 10.1. The molecule has 1 saturated carbocycles. The van der Waals surface area contributed by atoms with Gasteiger partial charge < -0.3 is 9.67 Å². The van der Waals surface area contributed by atoms with Gasteiger partial charge in [0.15, 0.2) is 0 Å². The molecule has 0 saturated heterocycles. The lowest BCUT2D eigenvalue weighted by Gasteiger charge is -2.25. The standard InChI is InChI=1S/C10H15ClN2O/c1-13-9(6-12-10(13)11)7-3-2-4-8(14)5-7/h6-8,14H,2-5H2,1H3. The first-order valence-electron chi connectivity index (χ1n) is 5.03. The maximum Gasteiger partial charge on any atom is 0.202 e. The lowest BCUT2D eigenvalue weighted by atomic mass is 9.85. The fourth-order valence-electron chi connectivity index (χ4n) is 2.21. The van der Waals surface area contributed by atoms with Gasteiger partial charge in [-0.3, -0.25) is 0 Å². The fraction of sp³-hybridized carbons (Fsp3) is 0.700. The Morgan fingerprint density at radius 1 is 1.57 bits per heavy atom. The molecule has 0 spiro atoms. The highest BCUT2D eigenvalue weighted by molar-refractivity contribution is 6.28. The van der Waals surface area contributed by atoms with E-state index in [0.717, 1.165) is 31.4 Å². The normalized spacial score (nSPS) is 27.9. The van der Waals surface area contributed by atoms with Crippen molar-refractivity contribution < 1.29 is 5.11 Å². The smallest absolute Gasteiger partial charge is 0.202 e. The summed E-state index contributed by atoms with van der Waals surface area (Å²) < 4.78 is 1.91. The van der Waals surface area contributed by atoms with Gasteiger partial charge in [0, 0.05) is 18.7 Å². The largest absolute Gasteiger partial charge is 0.393 e. The second kappa shape index (κ2) is 3.91. The van der Waals surface area contributed by atoms with Crippen LogP contribution in [-0.2, 0) is 7.05 Å². The van der Waals surface area contributed by atoms with Gasteiger partial charge in [0.25, 0.3) is 0 Å². The number of aromatic nitrogens is 2. The predicted molar refractivity (Wildman–Crippen MR) is 55.4 cm³/mol. The Morgan fingerprint density at radius 3 is 2.93 bits per heavy atom. The zero-order valence-electron chi connectivity index (χ0n) is 8.28.